The highest BCUT2D eigenvalue weighted by Crippen LogP contribution is 2.26. The summed E-state index contributed by atoms with van der Waals surface area (Å²) >= 11 is 2.95. The lowest BCUT2D eigenvalue weighted by Crippen LogP contribution is -2.30. The predicted molar refractivity (Wildman–Crippen MR) is 60.2 cm³/mol. The normalized spacial score (nSPS) is 10.9. The largest absolute Gasteiger partial charge is 0.471 e. The van der Waals surface area contributed by atoms with Crippen molar-refractivity contribution in [2.24, 2.45) is 0 Å². The maximum absolute atomic E-state index is 12.0. The molecular weight excluding hydrogens is 319 g/mol. The molecule has 0 aliphatic carbocycles. The van der Waals surface area contributed by atoms with E-state index in [1.807, 2.05) is 0 Å². The lowest BCUT2D eigenvalue weighted by atomic mass is 10.2. The number of halogens is 4. The van der Waals surface area contributed by atoms with Crippen molar-refractivity contribution in [1.29, 1.82) is 0 Å². The molecule has 0 spiro atoms. The fraction of sp³-hybridized carbons (Fsp3) is 0.200. The Balaban J connectivity index is 2.94. The van der Waals surface area contributed by atoms with Crippen LogP contribution in [0, 0.1) is 0 Å². The van der Waals surface area contributed by atoms with Crippen molar-refractivity contribution in [1.82, 2.24) is 0 Å². The third-order valence-corrected chi connectivity index (χ3v) is 2.55. The summed E-state index contributed by atoms with van der Waals surface area (Å²) < 4.78 is 40.7. The van der Waals surface area contributed by atoms with Crippen molar-refractivity contribution >= 4 is 33.5 Å². The molecule has 8 heteroatoms. The SMILES string of the molecule is COC(=O)c1ccc(NC(=O)C(F)(F)F)c(Br)c1. The van der Waals surface area contributed by atoms with Crippen LogP contribution in [0.2, 0.25) is 0 Å². The first-order valence-corrected chi connectivity index (χ1v) is 5.31. The highest BCUT2D eigenvalue weighted by molar-refractivity contribution is 9.10. The Bertz CT molecular complexity index is 488. The Kier molecular flexibility index (Phi) is 4.33. The van der Waals surface area contributed by atoms with Gasteiger partial charge in [-0.05, 0) is 34.1 Å². The van der Waals surface area contributed by atoms with Crippen LogP contribution in [0.25, 0.3) is 0 Å². The molecule has 1 aromatic carbocycles. The molecule has 1 rings (SSSR count). The number of alkyl halides is 3. The first kappa shape index (κ1) is 14.5. The van der Waals surface area contributed by atoms with Gasteiger partial charge in [0.05, 0.1) is 18.4 Å². The predicted octanol–water partition coefficient (Wildman–Crippen LogP) is 2.74. The van der Waals surface area contributed by atoms with Gasteiger partial charge in [-0.25, -0.2) is 4.79 Å². The molecular formula is C10H7BrF3NO3. The van der Waals surface area contributed by atoms with E-state index in [1.165, 1.54) is 25.3 Å². The zero-order valence-corrected chi connectivity index (χ0v) is 10.6. The summed E-state index contributed by atoms with van der Waals surface area (Å²) in [6.07, 6.45) is -4.97. The number of hydrogen-bond donors (Lipinski definition) is 1. The molecule has 0 heterocycles. The minimum Gasteiger partial charge on any atom is -0.465 e. The van der Waals surface area contributed by atoms with E-state index in [1.54, 1.807) is 5.32 Å². The molecule has 4 nitrogen and oxygen atoms in total. The zero-order chi connectivity index (χ0) is 13.9. The maximum atomic E-state index is 12.0. The van der Waals surface area contributed by atoms with E-state index in [4.69, 9.17) is 0 Å². The second-order valence-electron chi connectivity index (χ2n) is 3.14. The van der Waals surface area contributed by atoms with E-state index in [-0.39, 0.29) is 15.7 Å². The van der Waals surface area contributed by atoms with Gasteiger partial charge in [0.15, 0.2) is 0 Å². The van der Waals surface area contributed by atoms with Crippen LogP contribution < -0.4 is 5.32 Å². The standard InChI is InChI=1S/C10H7BrF3NO3/c1-18-8(16)5-2-3-7(6(11)4-5)15-9(17)10(12,13)14/h2-4H,1H3,(H,15,17). The summed E-state index contributed by atoms with van der Waals surface area (Å²) in [6.45, 7) is 0. The molecule has 0 saturated heterocycles. The molecule has 1 amide bonds. The van der Waals surface area contributed by atoms with Gasteiger partial charge in [0, 0.05) is 4.47 Å². The summed E-state index contributed by atoms with van der Waals surface area (Å²) in [5.41, 5.74) is 0.0550. The molecule has 1 N–H and O–H groups in total. The van der Waals surface area contributed by atoms with Crippen LogP contribution in [0.1, 0.15) is 10.4 Å². The molecule has 0 saturated carbocycles. The highest BCUT2D eigenvalue weighted by Gasteiger charge is 2.38. The number of carbonyl (C=O) groups excluding carboxylic acids is 2. The van der Waals surface area contributed by atoms with Crippen LogP contribution >= 0.6 is 15.9 Å². The van der Waals surface area contributed by atoms with Crippen LogP contribution in [-0.2, 0) is 9.53 Å². The van der Waals surface area contributed by atoms with Gasteiger partial charge < -0.3 is 10.1 Å². The maximum Gasteiger partial charge on any atom is 0.471 e. The van der Waals surface area contributed by atoms with Crippen molar-refractivity contribution < 1.29 is 27.5 Å². The summed E-state index contributed by atoms with van der Waals surface area (Å²) in [6, 6.07) is 3.65. The molecule has 98 valence electrons. The highest BCUT2D eigenvalue weighted by atomic mass is 79.9. The third kappa shape index (κ3) is 3.46. The number of benzene rings is 1. The van der Waals surface area contributed by atoms with Crippen molar-refractivity contribution in [3.63, 3.8) is 0 Å². The van der Waals surface area contributed by atoms with Gasteiger partial charge >= 0.3 is 18.1 Å². The fourth-order valence-electron chi connectivity index (χ4n) is 1.05. The molecule has 0 unspecified atom stereocenters. The summed E-state index contributed by atoms with van der Waals surface area (Å²) in [5, 5.41) is 1.67. The summed E-state index contributed by atoms with van der Waals surface area (Å²) in [7, 11) is 1.18. The van der Waals surface area contributed by atoms with Crippen LogP contribution in [0.5, 0.6) is 0 Å². The van der Waals surface area contributed by atoms with Crippen LogP contribution in [0.4, 0.5) is 18.9 Å². The van der Waals surface area contributed by atoms with E-state index in [0.717, 1.165) is 0 Å². The lowest BCUT2D eigenvalue weighted by molar-refractivity contribution is -0.167. The molecule has 0 aliphatic heterocycles. The number of esters is 1. The third-order valence-electron chi connectivity index (χ3n) is 1.90. The number of rotatable bonds is 2. The Hall–Kier alpha value is -1.57. The van der Waals surface area contributed by atoms with Gasteiger partial charge in [-0.2, -0.15) is 13.2 Å². The van der Waals surface area contributed by atoms with Gasteiger partial charge in [-0.1, -0.05) is 0 Å². The van der Waals surface area contributed by atoms with Crippen LogP contribution in [0.3, 0.4) is 0 Å². The number of methoxy groups -OCH3 is 1. The minimum absolute atomic E-state index is 0.0926. The van der Waals surface area contributed by atoms with Crippen LogP contribution in [0.15, 0.2) is 22.7 Å². The lowest BCUT2D eigenvalue weighted by Gasteiger charge is -2.10. The topological polar surface area (TPSA) is 55.4 Å². The monoisotopic (exact) mass is 325 g/mol. The molecule has 0 fully saturated rings. The second-order valence-corrected chi connectivity index (χ2v) is 3.99. The number of ether oxygens (including phenoxy) is 1. The van der Waals surface area contributed by atoms with Crippen molar-refractivity contribution in [3.8, 4) is 0 Å². The first-order valence-electron chi connectivity index (χ1n) is 4.51. The number of carbonyl (C=O) groups is 2. The van der Waals surface area contributed by atoms with Crippen LogP contribution in [-0.4, -0.2) is 25.2 Å². The zero-order valence-electron chi connectivity index (χ0n) is 8.97. The van der Waals surface area contributed by atoms with Gasteiger partial charge in [0.1, 0.15) is 0 Å². The fourth-order valence-corrected chi connectivity index (χ4v) is 1.53. The molecule has 0 aliphatic rings. The number of nitrogens with one attached hydrogen (secondary N) is 1. The van der Waals surface area contributed by atoms with Gasteiger partial charge in [-0.3, -0.25) is 4.79 Å². The molecule has 0 radical (unpaired) electrons. The van der Waals surface area contributed by atoms with Gasteiger partial charge in [0.25, 0.3) is 0 Å². The van der Waals surface area contributed by atoms with E-state index < -0.39 is 18.1 Å². The number of hydrogen-bond acceptors (Lipinski definition) is 3. The van der Waals surface area contributed by atoms with Crippen molar-refractivity contribution in [2.75, 3.05) is 12.4 Å². The van der Waals surface area contributed by atoms with Crippen molar-refractivity contribution in [2.45, 2.75) is 6.18 Å². The smallest absolute Gasteiger partial charge is 0.465 e. The Morgan fingerprint density at radius 3 is 2.39 bits per heavy atom. The molecule has 18 heavy (non-hydrogen) atoms. The average molecular weight is 326 g/mol. The van der Waals surface area contributed by atoms with Crippen molar-refractivity contribution in [3.05, 3.63) is 28.2 Å². The average Bonchev–Trinajstić information content (AvgIpc) is 2.29. The molecule has 0 atom stereocenters. The summed E-state index contributed by atoms with van der Waals surface area (Å²) in [5.74, 6) is -2.72. The Morgan fingerprint density at radius 1 is 1.33 bits per heavy atom. The van der Waals surface area contributed by atoms with E-state index in [9.17, 15) is 22.8 Å². The van der Waals surface area contributed by atoms with E-state index in [0.29, 0.717) is 0 Å². The first-order chi connectivity index (χ1) is 8.25. The van der Waals surface area contributed by atoms with E-state index in [2.05, 4.69) is 20.7 Å². The van der Waals surface area contributed by atoms with E-state index >= 15 is 0 Å². The molecule has 0 aromatic heterocycles. The number of amides is 1. The Labute approximate surface area is 108 Å². The molecule has 0 bridgehead atoms. The summed E-state index contributed by atoms with van der Waals surface area (Å²) in [4.78, 5) is 21.9. The number of anilines is 1. The minimum atomic E-state index is -4.97. The Morgan fingerprint density at radius 2 is 1.94 bits per heavy atom. The van der Waals surface area contributed by atoms with Gasteiger partial charge in [0.2, 0.25) is 0 Å². The quantitative estimate of drug-likeness (QED) is 0.851. The molecule has 1 aromatic rings. The van der Waals surface area contributed by atoms with Gasteiger partial charge in [-0.15, -0.1) is 0 Å². The second kappa shape index (κ2) is 5.38.